The van der Waals surface area contributed by atoms with Gasteiger partial charge in [0, 0.05) is 6.54 Å². The van der Waals surface area contributed by atoms with Crippen LogP contribution in [0.4, 0.5) is 18.0 Å². The van der Waals surface area contributed by atoms with Crippen molar-refractivity contribution in [2.75, 3.05) is 6.54 Å². The highest BCUT2D eigenvalue weighted by Gasteiger charge is 2.29. The molecule has 0 heterocycles. The van der Waals surface area contributed by atoms with Gasteiger partial charge in [-0.3, -0.25) is 0 Å². The quantitative estimate of drug-likeness (QED) is 0.919. The number of hydrogen-bond donors (Lipinski definition) is 1. The summed E-state index contributed by atoms with van der Waals surface area (Å²) in [6.45, 7) is 5.56. The summed E-state index contributed by atoms with van der Waals surface area (Å²) in [5.41, 5.74) is -0.534. The third-order valence-corrected chi connectivity index (χ3v) is 2.36. The van der Waals surface area contributed by atoms with E-state index in [1.807, 2.05) is 0 Å². The Kier molecular flexibility index (Phi) is 5.03. The monoisotopic (exact) mass is 289 g/mol. The van der Waals surface area contributed by atoms with Crippen LogP contribution in [-0.2, 0) is 17.3 Å². The number of amides is 1. The Bertz CT molecular complexity index is 447. The lowest BCUT2D eigenvalue weighted by atomic mass is 10.1. The number of carbonyl (C=O) groups excluding carboxylic acids is 1. The Morgan fingerprint density at radius 2 is 1.70 bits per heavy atom. The average Bonchev–Trinajstić information content (AvgIpc) is 2.26. The number of alkyl halides is 3. The second-order valence-electron chi connectivity index (χ2n) is 5.37. The van der Waals surface area contributed by atoms with Crippen LogP contribution in [0.3, 0.4) is 0 Å². The number of hydrogen-bond acceptors (Lipinski definition) is 2. The smallest absolute Gasteiger partial charge is 0.416 e. The van der Waals surface area contributed by atoms with Crippen molar-refractivity contribution in [3.05, 3.63) is 35.4 Å². The molecule has 0 aliphatic carbocycles. The molecule has 0 bridgehead atoms. The van der Waals surface area contributed by atoms with Crippen LogP contribution >= 0.6 is 0 Å². The maximum absolute atomic E-state index is 12.4. The summed E-state index contributed by atoms with van der Waals surface area (Å²) in [6, 6.07) is 4.87. The third-order valence-electron chi connectivity index (χ3n) is 2.36. The minimum Gasteiger partial charge on any atom is -0.444 e. The topological polar surface area (TPSA) is 38.3 Å². The fourth-order valence-electron chi connectivity index (χ4n) is 1.48. The second-order valence-corrected chi connectivity index (χ2v) is 5.37. The van der Waals surface area contributed by atoms with Crippen LogP contribution in [0.15, 0.2) is 24.3 Å². The summed E-state index contributed by atoms with van der Waals surface area (Å²) < 4.78 is 42.1. The Morgan fingerprint density at radius 1 is 1.15 bits per heavy atom. The van der Waals surface area contributed by atoms with Crippen molar-refractivity contribution >= 4 is 6.09 Å². The van der Waals surface area contributed by atoms with E-state index < -0.39 is 23.4 Å². The first-order chi connectivity index (χ1) is 9.08. The van der Waals surface area contributed by atoms with E-state index in [-0.39, 0.29) is 0 Å². The van der Waals surface area contributed by atoms with Crippen LogP contribution in [0, 0.1) is 0 Å². The largest absolute Gasteiger partial charge is 0.444 e. The summed E-state index contributed by atoms with van der Waals surface area (Å²) in [6.07, 6.45) is -4.42. The van der Waals surface area contributed by atoms with Crippen molar-refractivity contribution < 1.29 is 22.7 Å². The molecule has 1 rings (SSSR count). The van der Waals surface area contributed by atoms with Gasteiger partial charge in [0.15, 0.2) is 0 Å². The lowest BCUT2D eigenvalue weighted by Crippen LogP contribution is -2.33. The second kappa shape index (κ2) is 6.15. The number of halogens is 3. The van der Waals surface area contributed by atoms with Gasteiger partial charge in [-0.05, 0) is 44.9 Å². The SMILES string of the molecule is CC(C)(C)OC(=O)NCCc1ccc(C(F)(F)F)cc1. The third kappa shape index (κ3) is 5.95. The van der Waals surface area contributed by atoms with Crippen LogP contribution in [0.2, 0.25) is 0 Å². The molecule has 1 aromatic rings. The molecule has 3 nitrogen and oxygen atoms in total. The lowest BCUT2D eigenvalue weighted by Gasteiger charge is -2.19. The predicted molar refractivity (Wildman–Crippen MR) is 69.4 cm³/mol. The molecular weight excluding hydrogens is 271 g/mol. The molecule has 1 amide bonds. The first kappa shape index (κ1) is 16.3. The Hall–Kier alpha value is -1.72. The van der Waals surface area contributed by atoms with Crippen molar-refractivity contribution in [3.63, 3.8) is 0 Å². The van der Waals surface area contributed by atoms with E-state index in [1.54, 1.807) is 20.8 Å². The molecule has 20 heavy (non-hydrogen) atoms. The van der Waals surface area contributed by atoms with E-state index in [0.29, 0.717) is 18.5 Å². The van der Waals surface area contributed by atoms with Crippen molar-refractivity contribution in [2.45, 2.75) is 39.0 Å². The normalized spacial score (nSPS) is 12.1. The van der Waals surface area contributed by atoms with Gasteiger partial charge in [-0.15, -0.1) is 0 Å². The number of ether oxygens (including phenoxy) is 1. The molecule has 1 aromatic carbocycles. The fraction of sp³-hybridized carbons (Fsp3) is 0.500. The molecule has 0 saturated heterocycles. The first-order valence-electron chi connectivity index (χ1n) is 6.21. The average molecular weight is 289 g/mol. The van der Waals surface area contributed by atoms with E-state index in [4.69, 9.17) is 4.74 Å². The lowest BCUT2D eigenvalue weighted by molar-refractivity contribution is -0.137. The van der Waals surface area contributed by atoms with E-state index in [1.165, 1.54) is 12.1 Å². The number of carbonyl (C=O) groups is 1. The maximum Gasteiger partial charge on any atom is 0.416 e. The Morgan fingerprint density at radius 3 is 2.15 bits per heavy atom. The highest BCUT2D eigenvalue weighted by atomic mass is 19.4. The van der Waals surface area contributed by atoms with Crippen molar-refractivity contribution in [1.82, 2.24) is 5.32 Å². The molecule has 0 radical (unpaired) electrons. The molecule has 0 atom stereocenters. The molecule has 0 fully saturated rings. The number of rotatable bonds is 3. The highest BCUT2D eigenvalue weighted by molar-refractivity contribution is 5.67. The summed E-state index contributed by atoms with van der Waals surface area (Å²) in [5.74, 6) is 0. The summed E-state index contributed by atoms with van der Waals surface area (Å²) in [4.78, 5) is 11.4. The molecular formula is C14H18F3NO2. The molecule has 0 spiro atoms. The van der Waals surface area contributed by atoms with E-state index in [0.717, 1.165) is 12.1 Å². The van der Waals surface area contributed by atoms with Crippen molar-refractivity contribution in [3.8, 4) is 0 Å². The molecule has 0 aliphatic heterocycles. The molecule has 112 valence electrons. The van der Waals surface area contributed by atoms with Crippen LogP contribution in [0.5, 0.6) is 0 Å². The number of benzene rings is 1. The van der Waals surface area contributed by atoms with E-state index in [9.17, 15) is 18.0 Å². The van der Waals surface area contributed by atoms with Gasteiger partial charge < -0.3 is 10.1 Å². The molecule has 1 N–H and O–H groups in total. The van der Waals surface area contributed by atoms with Crippen LogP contribution in [0.1, 0.15) is 31.9 Å². The predicted octanol–water partition coefficient (Wildman–Crippen LogP) is 3.77. The summed E-state index contributed by atoms with van der Waals surface area (Å²) in [7, 11) is 0. The van der Waals surface area contributed by atoms with Crippen molar-refractivity contribution in [1.29, 1.82) is 0 Å². The zero-order valence-corrected chi connectivity index (χ0v) is 11.7. The summed E-state index contributed by atoms with van der Waals surface area (Å²) >= 11 is 0. The zero-order valence-electron chi connectivity index (χ0n) is 11.7. The Balaban J connectivity index is 2.42. The van der Waals surface area contributed by atoms with Crippen LogP contribution in [-0.4, -0.2) is 18.2 Å². The minimum atomic E-state index is -4.33. The molecule has 0 aliphatic rings. The van der Waals surface area contributed by atoms with Gasteiger partial charge in [-0.1, -0.05) is 12.1 Å². The van der Waals surface area contributed by atoms with Crippen molar-refractivity contribution in [2.24, 2.45) is 0 Å². The fourth-order valence-corrected chi connectivity index (χ4v) is 1.48. The number of nitrogens with one attached hydrogen (secondary N) is 1. The van der Waals surface area contributed by atoms with Gasteiger partial charge in [0.2, 0.25) is 0 Å². The van der Waals surface area contributed by atoms with Gasteiger partial charge in [0.25, 0.3) is 0 Å². The van der Waals surface area contributed by atoms with Gasteiger partial charge in [-0.25, -0.2) is 4.79 Å². The van der Waals surface area contributed by atoms with Gasteiger partial charge in [0.1, 0.15) is 5.60 Å². The van der Waals surface area contributed by atoms with E-state index >= 15 is 0 Å². The maximum atomic E-state index is 12.4. The highest BCUT2D eigenvalue weighted by Crippen LogP contribution is 2.29. The summed E-state index contributed by atoms with van der Waals surface area (Å²) in [5, 5.41) is 2.55. The minimum absolute atomic E-state index is 0.306. The van der Waals surface area contributed by atoms with Gasteiger partial charge in [-0.2, -0.15) is 13.2 Å². The van der Waals surface area contributed by atoms with E-state index in [2.05, 4.69) is 5.32 Å². The number of alkyl carbamates (subject to hydrolysis) is 1. The molecule has 6 heteroatoms. The molecule has 0 saturated carbocycles. The van der Waals surface area contributed by atoms with Crippen LogP contribution < -0.4 is 5.32 Å². The van der Waals surface area contributed by atoms with Gasteiger partial charge >= 0.3 is 12.3 Å². The van der Waals surface area contributed by atoms with Gasteiger partial charge in [0.05, 0.1) is 5.56 Å². The first-order valence-corrected chi connectivity index (χ1v) is 6.21. The standard InChI is InChI=1S/C14H18F3NO2/c1-13(2,3)20-12(19)18-9-8-10-4-6-11(7-5-10)14(15,16)17/h4-7H,8-9H2,1-3H3,(H,18,19). The zero-order chi connectivity index (χ0) is 15.4. The van der Waals surface area contributed by atoms with Crippen LogP contribution in [0.25, 0.3) is 0 Å². The Labute approximate surface area is 116 Å². The molecule has 0 aromatic heterocycles. The molecule has 0 unspecified atom stereocenters.